The number of nitrogens with one attached hydrogen (secondary N) is 2. The largest absolute Gasteiger partial charge is 0.356 e. The third kappa shape index (κ3) is 5.17. The number of aromatic nitrogens is 1. The van der Waals surface area contributed by atoms with Gasteiger partial charge in [-0.2, -0.15) is 0 Å². The van der Waals surface area contributed by atoms with Gasteiger partial charge < -0.3 is 10.6 Å². The Balaban J connectivity index is 2.37. The Hall–Kier alpha value is -1.10. The van der Waals surface area contributed by atoms with Gasteiger partial charge in [-0.3, -0.25) is 4.99 Å². The Morgan fingerprint density at radius 3 is 2.76 bits per heavy atom. The van der Waals surface area contributed by atoms with Crippen LogP contribution in [0.15, 0.2) is 10.4 Å². The quantitative estimate of drug-likeness (QED) is 0.624. The van der Waals surface area contributed by atoms with Crippen molar-refractivity contribution in [1.82, 2.24) is 15.6 Å². The second kappa shape index (κ2) is 7.27. The molecule has 0 spiro atoms. The molecule has 0 bridgehead atoms. The van der Waals surface area contributed by atoms with E-state index < -0.39 is 0 Å². The van der Waals surface area contributed by atoms with Gasteiger partial charge in [0.2, 0.25) is 0 Å². The molecule has 0 radical (unpaired) electrons. The highest BCUT2D eigenvalue weighted by atomic mass is 32.1. The van der Waals surface area contributed by atoms with E-state index in [1.165, 1.54) is 5.01 Å². The van der Waals surface area contributed by atoms with Crippen LogP contribution < -0.4 is 10.6 Å². The van der Waals surface area contributed by atoms with Crippen molar-refractivity contribution in [2.75, 3.05) is 13.6 Å². The number of aryl methyl sites for hydroxylation is 1. The van der Waals surface area contributed by atoms with Gasteiger partial charge >= 0.3 is 0 Å². The minimum atomic E-state index is 0.611. The zero-order valence-electron chi connectivity index (χ0n) is 11.1. The molecule has 0 aliphatic carbocycles. The summed E-state index contributed by atoms with van der Waals surface area (Å²) in [5.41, 5.74) is 1.08. The second-order valence-corrected chi connectivity index (χ2v) is 5.23. The molecular weight excluding hydrogens is 232 g/mol. The van der Waals surface area contributed by atoms with E-state index in [1.54, 1.807) is 18.4 Å². The lowest BCUT2D eigenvalue weighted by atomic mass is 10.2. The van der Waals surface area contributed by atoms with Crippen molar-refractivity contribution in [2.24, 2.45) is 10.9 Å². The highest BCUT2D eigenvalue weighted by Crippen LogP contribution is 2.09. The molecule has 1 rings (SSSR count). The summed E-state index contributed by atoms with van der Waals surface area (Å²) < 4.78 is 0. The molecule has 0 aromatic carbocycles. The van der Waals surface area contributed by atoms with Gasteiger partial charge in [0.05, 0.1) is 17.2 Å². The van der Waals surface area contributed by atoms with E-state index in [-0.39, 0.29) is 0 Å². The SMILES string of the molecule is CCc1nc(CNC(=NC)NCC(C)C)cs1. The molecule has 0 fully saturated rings. The molecular formula is C12H22N4S. The Kier molecular flexibility index (Phi) is 5.97. The Labute approximate surface area is 108 Å². The summed E-state index contributed by atoms with van der Waals surface area (Å²) in [7, 11) is 1.79. The van der Waals surface area contributed by atoms with Gasteiger partial charge in [0.25, 0.3) is 0 Å². The lowest BCUT2D eigenvalue weighted by Crippen LogP contribution is -2.38. The van der Waals surface area contributed by atoms with Crippen LogP contribution in [0.5, 0.6) is 0 Å². The summed E-state index contributed by atoms with van der Waals surface area (Å²) in [4.78, 5) is 8.68. The summed E-state index contributed by atoms with van der Waals surface area (Å²) in [6.45, 7) is 8.13. The van der Waals surface area contributed by atoms with E-state index in [2.05, 4.69) is 46.8 Å². The fourth-order valence-electron chi connectivity index (χ4n) is 1.29. The molecule has 17 heavy (non-hydrogen) atoms. The van der Waals surface area contributed by atoms with Crippen LogP contribution >= 0.6 is 11.3 Å². The standard InChI is InChI=1S/C12H22N4S/c1-5-11-16-10(8-17-11)7-15-12(13-4)14-6-9(2)3/h8-9H,5-7H2,1-4H3,(H2,13,14,15). The highest BCUT2D eigenvalue weighted by molar-refractivity contribution is 7.09. The van der Waals surface area contributed by atoms with Crippen LogP contribution in [0.2, 0.25) is 0 Å². The smallest absolute Gasteiger partial charge is 0.191 e. The Morgan fingerprint density at radius 1 is 1.47 bits per heavy atom. The lowest BCUT2D eigenvalue weighted by Gasteiger charge is -2.12. The first-order valence-electron chi connectivity index (χ1n) is 6.03. The number of guanidine groups is 1. The van der Waals surface area contributed by atoms with Crippen molar-refractivity contribution in [2.45, 2.75) is 33.7 Å². The zero-order chi connectivity index (χ0) is 12.7. The highest BCUT2D eigenvalue weighted by Gasteiger charge is 2.02. The first-order chi connectivity index (χ1) is 8.15. The minimum absolute atomic E-state index is 0.611. The maximum Gasteiger partial charge on any atom is 0.191 e. The van der Waals surface area contributed by atoms with Gasteiger partial charge in [0.1, 0.15) is 0 Å². The van der Waals surface area contributed by atoms with E-state index in [0.717, 1.165) is 31.2 Å². The normalized spacial score (nSPS) is 11.9. The van der Waals surface area contributed by atoms with Gasteiger partial charge in [-0.15, -0.1) is 11.3 Å². The van der Waals surface area contributed by atoms with Crippen LogP contribution in [0.1, 0.15) is 31.5 Å². The molecule has 96 valence electrons. The number of hydrogen-bond acceptors (Lipinski definition) is 3. The van der Waals surface area contributed by atoms with Gasteiger partial charge in [0, 0.05) is 19.0 Å². The first kappa shape index (κ1) is 14.0. The molecule has 0 saturated heterocycles. The Morgan fingerprint density at radius 2 is 2.24 bits per heavy atom. The maximum atomic E-state index is 4.50. The molecule has 1 heterocycles. The average molecular weight is 254 g/mol. The third-order valence-electron chi connectivity index (χ3n) is 2.24. The minimum Gasteiger partial charge on any atom is -0.356 e. The summed E-state index contributed by atoms with van der Waals surface area (Å²) in [6.07, 6.45) is 1.00. The van der Waals surface area contributed by atoms with Crippen molar-refractivity contribution in [3.8, 4) is 0 Å². The predicted molar refractivity (Wildman–Crippen MR) is 74.5 cm³/mol. The number of rotatable bonds is 5. The van der Waals surface area contributed by atoms with E-state index in [1.807, 2.05) is 0 Å². The summed E-state index contributed by atoms with van der Waals surface area (Å²) in [5.74, 6) is 1.45. The molecule has 0 atom stereocenters. The van der Waals surface area contributed by atoms with Crippen LogP contribution in [0, 0.1) is 5.92 Å². The van der Waals surface area contributed by atoms with Crippen molar-refractivity contribution < 1.29 is 0 Å². The van der Waals surface area contributed by atoms with Gasteiger partial charge in [-0.05, 0) is 12.3 Å². The number of thiazole rings is 1. The molecule has 1 aromatic rings. The average Bonchev–Trinajstić information content (AvgIpc) is 2.77. The second-order valence-electron chi connectivity index (χ2n) is 4.29. The van der Waals surface area contributed by atoms with E-state index in [4.69, 9.17) is 0 Å². The lowest BCUT2D eigenvalue weighted by molar-refractivity contribution is 0.614. The van der Waals surface area contributed by atoms with E-state index in [9.17, 15) is 0 Å². The summed E-state index contributed by atoms with van der Waals surface area (Å²) in [5, 5.41) is 9.82. The number of nitrogens with zero attached hydrogens (tertiary/aromatic N) is 2. The molecule has 5 heteroatoms. The molecule has 0 saturated carbocycles. The monoisotopic (exact) mass is 254 g/mol. The van der Waals surface area contributed by atoms with Crippen molar-refractivity contribution >= 4 is 17.3 Å². The predicted octanol–water partition coefficient (Wildman–Crippen LogP) is 2.03. The fourth-order valence-corrected chi connectivity index (χ4v) is 2.03. The van der Waals surface area contributed by atoms with Crippen molar-refractivity contribution in [3.63, 3.8) is 0 Å². The molecule has 4 nitrogen and oxygen atoms in total. The fraction of sp³-hybridized carbons (Fsp3) is 0.667. The van der Waals surface area contributed by atoms with Gasteiger partial charge in [-0.1, -0.05) is 20.8 Å². The zero-order valence-corrected chi connectivity index (χ0v) is 11.9. The number of hydrogen-bond donors (Lipinski definition) is 2. The van der Waals surface area contributed by atoms with Crippen molar-refractivity contribution in [3.05, 3.63) is 16.1 Å². The maximum absolute atomic E-state index is 4.50. The first-order valence-corrected chi connectivity index (χ1v) is 6.91. The summed E-state index contributed by atoms with van der Waals surface area (Å²) >= 11 is 1.72. The molecule has 0 aliphatic rings. The van der Waals surface area contributed by atoms with Crippen LogP contribution in [0.3, 0.4) is 0 Å². The number of aliphatic imine (C=N–C) groups is 1. The van der Waals surface area contributed by atoms with E-state index >= 15 is 0 Å². The molecule has 0 amide bonds. The topological polar surface area (TPSA) is 49.3 Å². The summed E-state index contributed by atoms with van der Waals surface area (Å²) in [6, 6.07) is 0. The van der Waals surface area contributed by atoms with Crippen molar-refractivity contribution in [1.29, 1.82) is 0 Å². The molecule has 0 unspecified atom stereocenters. The van der Waals surface area contributed by atoms with Gasteiger partial charge in [0.15, 0.2) is 5.96 Å². The van der Waals surface area contributed by atoms with Crippen LogP contribution in [-0.2, 0) is 13.0 Å². The van der Waals surface area contributed by atoms with Crippen LogP contribution in [-0.4, -0.2) is 24.5 Å². The Bertz CT molecular complexity index is 357. The van der Waals surface area contributed by atoms with Crippen LogP contribution in [0.4, 0.5) is 0 Å². The van der Waals surface area contributed by atoms with Crippen LogP contribution in [0.25, 0.3) is 0 Å². The molecule has 2 N–H and O–H groups in total. The van der Waals surface area contributed by atoms with Gasteiger partial charge in [-0.25, -0.2) is 4.98 Å². The molecule has 0 aliphatic heterocycles. The van der Waals surface area contributed by atoms with E-state index in [0.29, 0.717) is 5.92 Å². The third-order valence-corrected chi connectivity index (χ3v) is 3.28. The molecule has 1 aromatic heterocycles.